The van der Waals surface area contributed by atoms with E-state index in [4.69, 9.17) is 9.47 Å². The van der Waals surface area contributed by atoms with Gasteiger partial charge >= 0.3 is 0 Å². The molecule has 5 nitrogen and oxygen atoms in total. The average Bonchev–Trinajstić information content (AvgIpc) is 2.86. The monoisotopic (exact) mass is 354 g/mol. The van der Waals surface area contributed by atoms with E-state index in [0.29, 0.717) is 26.3 Å². The Labute approximate surface area is 132 Å². The quantitative estimate of drug-likeness (QED) is 0.904. The second kappa shape index (κ2) is 6.44. The van der Waals surface area contributed by atoms with Crippen LogP contribution in [-0.2, 0) is 14.3 Å². The molecule has 2 saturated heterocycles. The molecule has 1 amide bonds. The zero-order chi connectivity index (χ0) is 14.7. The van der Waals surface area contributed by atoms with Crippen LogP contribution >= 0.6 is 15.9 Å². The number of anilines is 1. The number of nitrogens with one attached hydrogen (secondary N) is 1. The second-order valence-electron chi connectivity index (χ2n) is 5.48. The first-order valence-electron chi connectivity index (χ1n) is 7.21. The van der Waals surface area contributed by atoms with Crippen molar-refractivity contribution in [2.45, 2.75) is 18.6 Å². The van der Waals surface area contributed by atoms with Gasteiger partial charge in [-0.1, -0.05) is 22.0 Å². The lowest BCUT2D eigenvalue weighted by Gasteiger charge is -2.38. The number of carbonyl (C=O) groups is 1. The van der Waals surface area contributed by atoms with Crippen molar-refractivity contribution in [2.75, 3.05) is 38.2 Å². The van der Waals surface area contributed by atoms with Crippen molar-refractivity contribution in [1.82, 2.24) is 4.90 Å². The molecule has 1 spiro atoms. The van der Waals surface area contributed by atoms with E-state index >= 15 is 0 Å². The number of amides is 1. The van der Waals surface area contributed by atoms with Gasteiger partial charge in [-0.15, -0.1) is 0 Å². The third-order valence-corrected chi connectivity index (χ3v) is 4.28. The number of carbonyl (C=O) groups excluding carboxylic acids is 1. The molecule has 0 atom stereocenters. The highest BCUT2D eigenvalue weighted by Crippen LogP contribution is 2.29. The molecule has 2 aliphatic rings. The number of likely N-dealkylation sites (tertiary alicyclic amines) is 1. The zero-order valence-electron chi connectivity index (χ0n) is 11.8. The molecule has 1 N–H and O–H groups in total. The van der Waals surface area contributed by atoms with E-state index in [1.54, 1.807) is 0 Å². The van der Waals surface area contributed by atoms with Gasteiger partial charge in [0.05, 0.1) is 26.3 Å². The van der Waals surface area contributed by atoms with Crippen molar-refractivity contribution in [3.05, 3.63) is 28.7 Å². The normalized spacial score (nSPS) is 21.6. The van der Waals surface area contributed by atoms with Gasteiger partial charge in [0.1, 0.15) is 0 Å². The molecule has 0 bridgehead atoms. The molecular weight excluding hydrogens is 336 g/mol. The van der Waals surface area contributed by atoms with Gasteiger partial charge in [0.25, 0.3) is 0 Å². The van der Waals surface area contributed by atoms with Crippen LogP contribution in [-0.4, -0.2) is 49.4 Å². The third kappa shape index (κ3) is 3.83. The minimum atomic E-state index is -0.478. The van der Waals surface area contributed by atoms with E-state index in [-0.39, 0.29) is 5.91 Å². The van der Waals surface area contributed by atoms with Crippen LogP contribution in [0.2, 0.25) is 0 Å². The van der Waals surface area contributed by atoms with Crippen LogP contribution < -0.4 is 5.32 Å². The van der Waals surface area contributed by atoms with E-state index in [9.17, 15) is 4.79 Å². The smallest absolute Gasteiger partial charge is 0.238 e. The molecule has 0 unspecified atom stereocenters. The Kier molecular flexibility index (Phi) is 4.59. The summed E-state index contributed by atoms with van der Waals surface area (Å²) < 4.78 is 12.4. The second-order valence-corrected chi connectivity index (χ2v) is 6.40. The Balaban J connectivity index is 1.55. The lowest BCUT2D eigenvalue weighted by molar-refractivity contribution is -0.189. The molecule has 2 heterocycles. The average molecular weight is 355 g/mol. The standard InChI is InChI=1S/C15H19BrN2O3/c16-12-3-1-4-13(9-12)17-14(19)10-18-6-2-5-15(11-18)20-7-8-21-15/h1,3-4,9H,2,5-8,10-11H2,(H,17,19). The summed E-state index contributed by atoms with van der Waals surface area (Å²) in [6.45, 7) is 3.23. The van der Waals surface area contributed by atoms with Crippen molar-refractivity contribution in [3.63, 3.8) is 0 Å². The molecule has 0 aromatic heterocycles. The van der Waals surface area contributed by atoms with Crippen molar-refractivity contribution >= 4 is 27.5 Å². The number of hydrogen-bond donors (Lipinski definition) is 1. The molecule has 21 heavy (non-hydrogen) atoms. The topological polar surface area (TPSA) is 50.8 Å². The van der Waals surface area contributed by atoms with E-state index < -0.39 is 5.79 Å². The third-order valence-electron chi connectivity index (χ3n) is 3.79. The fraction of sp³-hybridized carbons (Fsp3) is 0.533. The van der Waals surface area contributed by atoms with Crippen LogP contribution in [0, 0.1) is 0 Å². The van der Waals surface area contributed by atoms with Gasteiger partial charge in [-0.05, 0) is 31.2 Å². The Morgan fingerprint density at radius 1 is 1.38 bits per heavy atom. The summed E-state index contributed by atoms with van der Waals surface area (Å²) in [7, 11) is 0. The minimum Gasteiger partial charge on any atom is -0.346 e. The number of benzene rings is 1. The first-order chi connectivity index (χ1) is 10.2. The molecule has 3 rings (SSSR count). The van der Waals surface area contributed by atoms with Crippen molar-refractivity contribution in [1.29, 1.82) is 0 Å². The first-order valence-corrected chi connectivity index (χ1v) is 8.00. The Hall–Kier alpha value is -0.950. The van der Waals surface area contributed by atoms with E-state index in [2.05, 4.69) is 26.1 Å². The number of halogens is 1. The minimum absolute atomic E-state index is 0.0110. The molecule has 0 radical (unpaired) electrons. The van der Waals surface area contributed by atoms with E-state index in [1.807, 2.05) is 24.3 Å². The van der Waals surface area contributed by atoms with Crippen LogP contribution in [0.4, 0.5) is 5.69 Å². The summed E-state index contributed by atoms with van der Waals surface area (Å²) in [5, 5.41) is 2.92. The molecule has 1 aromatic carbocycles. The lowest BCUT2D eigenvalue weighted by atomic mass is 10.0. The van der Waals surface area contributed by atoms with Crippen LogP contribution in [0.3, 0.4) is 0 Å². The van der Waals surface area contributed by atoms with E-state index in [0.717, 1.165) is 29.5 Å². The maximum atomic E-state index is 12.1. The summed E-state index contributed by atoms with van der Waals surface area (Å²) in [5.74, 6) is -0.489. The van der Waals surface area contributed by atoms with Crippen LogP contribution in [0.25, 0.3) is 0 Å². The lowest BCUT2D eigenvalue weighted by Crippen LogP contribution is -2.50. The van der Waals surface area contributed by atoms with Crippen molar-refractivity contribution in [2.24, 2.45) is 0 Å². The zero-order valence-corrected chi connectivity index (χ0v) is 13.4. The van der Waals surface area contributed by atoms with Gasteiger partial charge in [0, 0.05) is 16.6 Å². The number of ether oxygens (including phenoxy) is 2. The summed E-state index contributed by atoms with van der Waals surface area (Å²) in [6.07, 6.45) is 1.90. The molecular formula is C15H19BrN2O3. The Morgan fingerprint density at radius 3 is 2.95 bits per heavy atom. The van der Waals surface area contributed by atoms with Crippen molar-refractivity contribution in [3.8, 4) is 0 Å². The van der Waals surface area contributed by atoms with Crippen LogP contribution in [0.5, 0.6) is 0 Å². The van der Waals surface area contributed by atoms with Crippen LogP contribution in [0.1, 0.15) is 12.8 Å². The molecule has 0 aliphatic carbocycles. The molecule has 1 aromatic rings. The summed E-state index contributed by atoms with van der Waals surface area (Å²) in [6, 6.07) is 7.59. The number of rotatable bonds is 3. The van der Waals surface area contributed by atoms with Gasteiger partial charge in [-0.25, -0.2) is 0 Å². The SMILES string of the molecule is O=C(CN1CCCC2(C1)OCCO2)Nc1cccc(Br)c1. The maximum absolute atomic E-state index is 12.1. The summed E-state index contributed by atoms with van der Waals surface area (Å²) in [4.78, 5) is 14.2. The number of piperidine rings is 1. The molecule has 114 valence electrons. The molecule has 2 aliphatic heterocycles. The Bertz CT molecular complexity index is 517. The summed E-state index contributed by atoms with van der Waals surface area (Å²) >= 11 is 3.40. The van der Waals surface area contributed by atoms with E-state index in [1.165, 1.54) is 0 Å². The van der Waals surface area contributed by atoms with Crippen LogP contribution in [0.15, 0.2) is 28.7 Å². The largest absolute Gasteiger partial charge is 0.346 e. The fourth-order valence-corrected chi connectivity index (χ4v) is 3.31. The fourth-order valence-electron chi connectivity index (χ4n) is 2.91. The molecule has 0 saturated carbocycles. The predicted octanol–water partition coefficient (Wildman–Crippen LogP) is 2.23. The van der Waals surface area contributed by atoms with Crippen molar-refractivity contribution < 1.29 is 14.3 Å². The van der Waals surface area contributed by atoms with Gasteiger partial charge < -0.3 is 14.8 Å². The number of hydrogen-bond acceptors (Lipinski definition) is 4. The number of nitrogens with zero attached hydrogens (tertiary/aromatic N) is 1. The molecule has 6 heteroatoms. The highest BCUT2D eigenvalue weighted by molar-refractivity contribution is 9.10. The first kappa shape index (κ1) is 15.0. The van der Waals surface area contributed by atoms with Gasteiger partial charge in [-0.2, -0.15) is 0 Å². The summed E-state index contributed by atoms with van der Waals surface area (Å²) in [5.41, 5.74) is 0.800. The maximum Gasteiger partial charge on any atom is 0.238 e. The Morgan fingerprint density at radius 2 is 2.19 bits per heavy atom. The highest BCUT2D eigenvalue weighted by atomic mass is 79.9. The van der Waals surface area contributed by atoms with Gasteiger partial charge in [-0.3, -0.25) is 9.69 Å². The van der Waals surface area contributed by atoms with Gasteiger partial charge in [0.2, 0.25) is 5.91 Å². The predicted molar refractivity (Wildman–Crippen MR) is 83.1 cm³/mol. The van der Waals surface area contributed by atoms with Gasteiger partial charge in [0.15, 0.2) is 5.79 Å². The highest BCUT2D eigenvalue weighted by Gasteiger charge is 2.40. The molecule has 2 fully saturated rings.